The number of hydrogen-bond donors (Lipinski definition) is 0. The van der Waals surface area contributed by atoms with Crippen LogP contribution in [0, 0.1) is 0 Å². The fourth-order valence-corrected chi connectivity index (χ4v) is 10.6. The molecule has 0 heterocycles. The first-order valence-electron chi connectivity index (χ1n) is 23.3. The van der Waals surface area contributed by atoms with Gasteiger partial charge in [0.1, 0.15) is 0 Å². The molecule has 2 heteroatoms. The lowest BCUT2D eigenvalue weighted by atomic mass is 9.80. The molecule has 2 nitrogen and oxygen atoms in total. The number of fused-ring (bicyclic) bond motifs is 5. The molecule has 0 radical (unpaired) electrons. The Labute approximate surface area is 393 Å². The second kappa shape index (κ2) is 16.5. The molecule has 1 aliphatic rings. The molecule has 0 N–H and O–H groups in total. The average Bonchev–Trinajstić information content (AvgIpc) is 3.62. The Kier molecular flexibility index (Phi) is 9.88. The molecule has 318 valence electrons. The maximum absolute atomic E-state index is 2.46. The van der Waals surface area contributed by atoms with E-state index in [-0.39, 0.29) is 5.41 Å². The van der Waals surface area contributed by atoms with Crippen LogP contribution in [0.3, 0.4) is 0 Å². The van der Waals surface area contributed by atoms with Gasteiger partial charge in [-0.1, -0.05) is 190 Å². The van der Waals surface area contributed by atoms with Crippen LogP contribution in [-0.4, -0.2) is 0 Å². The molecule has 11 aromatic carbocycles. The highest BCUT2D eigenvalue weighted by Crippen LogP contribution is 2.51. The molecule has 0 spiro atoms. The zero-order chi connectivity index (χ0) is 44.9. The fourth-order valence-electron chi connectivity index (χ4n) is 10.6. The van der Waals surface area contributed by atoms with Crippen molar-refractivity contribution in [2.75, 3.05) is 9.80 Å². The van der Waals surface area contributed by atoms with Crippen molar-refractivity contribution in [1.29, 1.82) is 0 Å². The van der Waals surface area contributed by atoms with Crippen LogP contribution in [-0.2, 0) is 5.41 Å². The smallest absolute Gasteiger partial charge is 0.0462 e. The summed E-state index contributed by atoms with van der Waals surface area (Å²) < 4.78 is 0. The van der Waals surface area contributed by atoms with Gasteiger partial charge in [0.25, 0.3) is 0 Å². The first-order valence-corrected chi connectivity index (χ1v) is 23.3. The summed E-state index contributed by atoms with van der Waals surface area (Å²) in [5.41, 5.74) is 19.4. The highest BCUT2D eigenvalue weighted by molar-refractivity contribution is 6.21. The van der Waals surface area contributed by atoms with Crippen molar-refractivity contribution in [2.24, 2.45) is 0 Å². The standard InChI is InChI=1S/C65H48N2/c1-65(2)61-29-17-16-24-55(61)56-43-36-48(44-62(56)65)64-59-27-14-12-25-57(59)63(58-26-13-15-28-60(58)64)47-34-41-54(42-35-47)67(51-22-10-5-11-23-51)53-39-32-46(33-40-53)45-30-37-52(38-31-45)66(49-18-6-3-7-19-49)50-20-8-4-9-21-50/h3-44H,1-2H3. The van der Waals surface area contributed by atoms with Crippen molar-refractivity contribution in [3.05, 3.63) is 266 Å². The van der Waals surface area contributed by atoms with Crippen LogP contribution >= 0.6 is 0 Å². The molecule has 0 saturated carbocycles. The Hall–Kier alpha value is -8.46. The van der Waals surface area contributed by atoms with Gasteiger partial charge in [-0.25, -0.2) is 0 Å². The summed E-state index contributed by atoms with van der Waals surface area (Å²) in [7, 11) is 0. The van der Waals surface area contributed by atoms with Crippen LogP contribution < -0.4 is 9.80 Å². The summed E-state index contributed by atoms with van der Waals surface area (Å²) in [6, 6.07) is 92.8. The predicted molar refractivity (Wildman–Crippen MR) is 285 cm³/mol. The topological polar surface area (TPSA) is 6.48 Å². The molecule has 0 aliphatic heterocycles. The van der Waals surface area contributed by atoms with Gasteiger partial charge >= 0.3 is 0 Å². The van der Waals surface area contributed by atoms with Gasteiger partial charge in [-0.3, -0.25) is 0 Å². The minimum absolute atomic E-state index is 0.0773. The van der Waals surface area contributed by atoms with E-state index in [1.54, 1.807) is 0 Å². The van der Waals surface area contributed by atoms with E-state index in [1.807, 2.05) is 0 Å². The van der Waals surface area contributed by atoms with Crippen LogP contribution in [0.15, 0.2) is 255 Å². The van der Waals surface area contributed by atoms with Gasteiger partial charge in [0, 0.05) is 39.5 Å². The van der Waals surface area contributed by atoms with E-state index in [1.165, 1.54) is 77.2 Å². The molecule has 0 saturated heterocycles. The first-order chi connectivity index (χ1) is 33.0. The van der Waals surface area contributed by atoms with Crippen LogP contribution in [0.2, 0.25) is 0 Å². The van der Waals surface area contributed by atoms with Gasteiger partial charge in [-0.15, -0.1) is 0 Å². The van der Waals surface area contributed by atoms with E-state index in [4.69, 9.17) is 0 Å². The van der Waals surface area contributed by atoms with E-state index in [0.717, 1.165) is 34.1 Å². The molecule has 0 atom stereocenters. The molecular formula is C65H48N2. The van der Waals surface area contributed by atoms with Gasteiger partial charge in [-0.2, -0.15) is 0 Å². The van der Waals surface area contributed by atoms with Crippen molar-refractivity contribution in [2.45, 2.75) is 19.3 Å². The Morgan fingerprint density at radius 1 is 0.254 bits per heavy atom. The van der Waals surface area contributed by atoms with Crippen LogP contribution in [0.1, 0.15) is 25.0 Å². The third-order valence-electron chi connectivity index (χ3n) is 13.8. The Bertz CT molecular complexity index is 3460. The summed E-state index contributed by atoms with van der Waals surface area (Å²) in [6.45, 7) is 4.73. The van der Waals surface area contributed by atoms with Gasteiger partial charge in [0.05, 0.1) is 0 Å². The third-order valence-corrected chi connectivity index (χ3v) is 13.8. The van der Waals surface area contributed by atoms with Crippen molar-refractivity contribution in [1.82, 2.24) is 0 Å². The van der Waals surface area contributed by atoms with E-state index in [9.17, 15) is 0 Å². The molecule has 0 unspecified atom stereocenters. The molecule has 0 amide bonds. The second-order valence-corrected chi connectivity index (χ2v) is 18.1. The normalized spacial score (nSPS) is 12.4. The monoisotopic (exact) mass is 856 g/mol. The largest absolute Gasteiger partial charge is 0.311 e. The molecule has 1 aliphatic carbocycles. The SMILES string of the molecule is CC1(C)c2ccccc2-c2ccc(-c3c4ccccc4c(-c4ccc(N(c5ccccc5)c5ccc(-c6ccc(N(c7ccccc7)c7ccccc7)cc6)cc5)cc4)c4ccccc34)cc21. The lowest BCUT2D eigenvalue weighted by Gasteiger charge is -2.26. The van der Waals surface area contributed by atoms with Gasteiger partial charge in [0.2, 0.25) is 0 Å². The Morgan fingerprint density at radius 3 is 1.00 bits per heavy atom. The zero-order valence-corrected chi connectivity index (χ0v) is 37.6. The van der Waals surface area contributed by atoms with E-state index in [2.05, 4.69) is 278 Å². The molecule has 0 bridgehead atoms. The number of nitrogens with zero attached hydrogens (tertiary/aromatic N) is 2. The Balaban J connectivity index is 0.895. The maximum Gasteiger partial charge on any atom is 0.0462 e. The number of anilines is 6. The summed E-state index contributed by atoms with van der Waals surface area (Å²) in [5, 5.41) is 5.03. The fraction of sp³-hybridized carbons (Fsp3) is 0.0462. The van der Waals surface area contributed by atoms with Gasteiger partial charge in [0.15, 0.2) is 0 Å². The molecule has 12 rings (SSSR count). The molecule has 11 aromatic rings. The number of para-hydroxylation sites is 3. The predicted octanol–water partition coefficient (Wildman–Crippen LogP) is 18.2. The van der Waals surface area contributed by atoms with E-state index < -0.39 is 0 Å². The van der Waals surface area contributed by atoms with Crippen molar-refractivity contribution >= 4 is 55.7 Å². The minimum Gasteiger partial charge on any atom is -0.311 e. The van der Waals surface area contributed by atoms with E-state index >= 15 is 0 Å². The van der Waals surface area contributed by atoms with Crippen LogP contribution in [0.4, 0.5) is 34.1 Å². The summed E-state index contributed by atoms with van der Waals surface area (Å²) >= 11 is 0. The van der Waals surface area contributed by atoms with Crippen molar-refractivity contribution in [3.63, 3.8) is 0 Å². The van der Waals surface area contributed by atoms with Crippen LogP contribution in [0.5, 0.6) is 0 Å². The Morgan fingerprint density at radius 2 is 0.567 bits per heavy atom. The number of rotatable bonds is 9. The van der Waals surface area contributed by atoms with Gasteiger partial charge in [-0.05, 0) is 156 Å². The summed E-state index contributed by atoms with van der Waals surface area (Å²) in [5.74, 6) is 0. The lowest BCUT2D eigenvalue weighted by Crippen LogP contribution is -2.14. The third kappa shape index (κ3) is 6.97. The minimum atomic E-state index is -0.0773. The van der Waals surface area contributed by atoms with Crippen LogP contribution in [0.25, 0.3) is 66.1 Å². The maximum atomic E-state index is 2.46. The molecular weight excluding hydrogens is 809 g/mol. The van der Waals surface area contributed by atoms with Crippen molar-refractivity contribution < 1.29 is 0 Å². The summed E-state index contributed by atoms with van der Waals surface area (Å²) in [4.78, 5) is 4.64. The summed E-state index contributed by atoms with van der Waals surface area (Å²) in [6.07, 6.45) is 0. The first kappa shape index (κ1) is 40.1. The number of benzene rings is 11. The quantitative estimate of drug-likeness (QED) is 0.133. The number of hydrogen-bond acceptors (Lipinski definition) is 2. The molecule has 0 aromatic heterocycles. The van der Waals surface area contributed by atoms with Gasteiger partial charge < -0.3 is 9.80 Å². The van der Waals surface area contributed by atoms with Crippen molar-refractivity contribution in [3.8, 4) is 44.5 Å². The molecule has 0 fully saturated rings. The highest BCUT2D eigenvalue weighted by Gasteiger charge is 2.35. The average molecular weight is 857 g/mol. The molecule has 67 heavy (non-hydrogen) atoms. The second-order valence-electron chi connectivity index (χ2n) is 18.1. The zero-order valence-electron chi connectivity index (χ0n) is 37.6. The van der Waals surface area contributed by atoms with E-state index in [0.29, 0.717) is 0 Å². The highest BCUT2D eigenvalue weighted by atomic mass is 15.1. The lowest BCUT2D eigenvalue weighted by molar-refractivity contribution is 0.660.